The summed E-state index contributed by atoms with van der Waals surface area (Å²) >= 11 is 7.84. The van der Waals surface area contributed by atoms with Gasteiger partial charge in [0.05, 0.1) is 39.4 Å². The lowest BCUT2D eigenvalue weighted by Crippen LogP contribution is -2.74. The Balaban J connectivity index is 0.823. The number of aryl methyl sites for hydroxylation is 1. The number of benzene rings is 3. The largest absolute Gasteiger partial charge is 0.489 e. The van der Waals surface area contributed by atoms with E-state index < -0.39 is 35.4 Å². The van der Waals surface area contributed by atoms with E-state index in [9.17, 15) is 29.5 Å². The van der Waals surface area contributed by atoms with Gasteiger partial charge in [-0.05, 0) is 85.1 Å². The molecule has 4 amide bonds. The predicted octanol–water partition coefficient (Wildman–Crippen LogP) is 7.26. The minimum atomic E-state index is -0.947. The number of aliphatic hydroxyl groups excluding tert-OH is 1. The number of hydrogen-bond acceptors (Lipinski definition) is 11. The Morgan fingerprint density at radius 2 is 1.68 bits per heavy atom. The van der Waals surface area contributed by atoms with Gasteiger partial charge < -0.3 is 40.3 Å². The fourth-order valence-electron chi connectivity index (χ4n) is 10.5. The minimum absolute atomic E-state index is 0.00609. The highest BCUT2D eigenvalue weighted by Gasteiger charge is 2.64. The Kier molecular flexibility index (Phi) is 15.9. The van der Waals surface area contributed by atoms with Crippen LogP contribution in [-0.4, -0.2) is 113 Å². The van der Waals surface area contributed by atoms with Gasteiger partial charge in [-0.15, -0.1) is 11.3 Å². The number of nitrogens with one attached hydrogen (secondary N) is 3. The van der Waals surface area contributed by atoms with Crippen molar-refractivity contribution in [2.45, 2.75) is 117 Å². The van der Waals surface area contributed by atoms with E-state index >= 15 is 0 Å². The zero-order valence-electron chi connectivity index (χ0n) is 40.9. The second-order valence-corrected chi connectivity index (χ2v) is 22.3. The van der Waals surface area contributed by atoms with Crippen molar-refractivity contribution >= 4 is 46.6 Å². The number of rotatable bonds is 16. The summed E-state index contributed by atoms with van der Waals surface area (Å²) in [4.78, 5) is 63.4. The van der Waals surface area contributed by atoms with E-state index in [-0.39, 0.29) is 60.9 Å². The molecule has 3 aromatic carbocycles. The van der Waals surface area contributed by atoms with Gasteiger partial charge in [0.25, 0.3) is 5.91 Å². The highest BCUT2D eigenvalue weighted by Crippen LogP contribution is 2.55. The van der Waals surface area contributed by atoms with Gasteiger partial charge in [-0.25, -0.2) is 4.98 Å². The molecule has 2 saturated heterocycles. The van der Waals surface area contributed by atoms with Gasteiger partial charge in [0.2, 0.25) is 17.7 Å². The molecule has 1 unspecified atom stereocenters. The molecule has 1 aliphatic carbocycles. The molecule has 3 atom stereocenters. The molecule has 7 rings (SSSR count). The Bertz CT molecular complexity index is 2510. The first-order valence-electron chi connectivity index (χ1n) is 23.8. The molecule has 0 spiro atoms. The monoisotopic (exact) mass is 979 g/mol. The van der Waals surface area contributed by atoms with E-state index in [2.05, 4.69) is 71.7 Å². The highest BCUT2D eigenvalue weighted by molar-refractivity contribution is 7.13. The van der Waals surface area contributed by atoms with Gasteiger partial charge in [-0.2, -0.15) is 5.26 Å². The summed E-state index contributed by atoms with van der Waals surface area (Å²) in [6.45, 7) is 18.6. The SMILES string of the molecule is Cc1ncsc1-c1ccc(CNC(=O)[C@@H]2C[C@@H](O)CN2C(=O)C(NC(=O)COCCN2CCC(c3ccc(C(=O)NC4C(C)(C)C(Oc5ccc(C#N)c(Cl)c5)C4(C)C)cc3)CC2)C(C)(C)C)cc1. The van der Waals surface area contributed by atoms with E-state index in [1.165, 1.54) is 10.5 Å². The second-order valence-electron chi connectivity index (χ2n) is 21.0. The first-order valence-corrected chi connectivity index (χ1v) is 25.0. The Hall–Kier alpha value is -5.37. The molecule has 0 bridgehead atoms. The Morgan fingerprint density at radius 1 is 1.00 bits per heavy atom. The van der Waals surface area contributed by atoms with Crippen LogP contribution in [0.25, 0.3) is 10.4 Å². The number of hydrogen-bond donors (Lipinski definition) is 4. The zero-order valence-corrected chi connectivity index (χ0v) is 42.5. The fraction of sp³-hybridized carbons (Fsp3) is 0.509. The Labute approximate surface area is 415 Å². The third-order valence-electron chi connectivity index (χ3n) is 14.2. The number of nitriles is 1. The number of carbonyl (C=O) groups is 4. The molecule has 14 nitrogen and oxygen atoms in total. The van der Waals surface area contributed by atoms with Crippen LogP contribution in [0.3, 0.4) is 0 Å². The molecule has 368 valence electrons. The van der Waals surface area contributed by atoms with Crippen LogP contribution in [0, 0.1) is 34.5 Å². The molecule has 69 heavy (non-hydrogen) atoms. The van der Waals surface area contributed by atoms with Gasteiger partial charge in [0.15, 0.2) is 0 Å². The minimum Gasteiger partial charge on any atom is -0.489 e. The van der Waals surface area contributed by atoms with Crippen molar-refractivity contribution in [3.8, 4) is 22.3 Å². The van der Waals surface area contributed by atoms with E-state index in [1.807, 2.05) is 69.6 Å². The second kappa shape index (κ2) is 21.3. The predicted molar refractivity (Wildman–Crippen MR) is 267 cm³/mol. The van der Waals surface area contributed by atoms with Crippen molar-refractivity contribution in [2.75, 3.05) is 39.4 Å². The molecule has 0 radical (unpaired) electrons. The number of thiazole rings is 1. The van der Waals surface area contributed by atoms with Crippen LogP contribution in [0.5, 0.6) is 5.75 Å². The number of carbonyl (C=O) groups excluding carboxylic acids is 4. The molecule has 3 aliphatic rings. The summed E-state index contributed by atoms with van der Waals surface area (Å²) in [5, 5.41) is 29.3. The van der Waals surface area contributed by atoms with Crippen LogP contribution in [0.2, 0.25) is 5.02 Å². The molecular weight excluding hydrogens is 914 g/mol. The molecule has 1 saturated carbocycles. The number of nitrogens with zero attached hydrogens (tertiary/aromatic N) is 4. The van der Waals surface area contributed by atoms with Crippen LogP contribution in [0.1, 0.15) is 106 Å². The number of ether oxygens (including phenoxy) is 2. The summed E-state index contributed by atoms with van der Waals surface area (Å²) < 4.78 is 12.2. The van der Waals surface area contributed by atoms with E-state index in [4.69, 9.17) is 21.1 Å². The van der Waals surface area contributed by atoms with Gasteiger partial charge in [-0.3, -0.25) is 19.2 Å². The van der Waals surface area contributed by atoms with Crippen LogP contribution in [0.15, 0.2) is 72.2 Å². The van der Waals surface area contributed by atoms with Crippen LogP contribution >= 0.6 is 22.9 Å². The summed E-state index contributed by atoms with van der Waals surface area (Å²) in [6, 6.07) is 21.0. The quantitative estimate of drug-likeness (QED) is 0.0833. The fourth-order valence-corrected chi connectivity index (χ4v) is 11.6. The van der Waals surface area contributed by atoms with Gasteiger partial charge in [0.1, 0.15) is 36.6 Å². The zero-order chi connectivity index (χ0) is 49.8. The third-order valence-corrected chi connectivity index (χ3v) is 15.4. The number of aliphatic hydroxyl groups is 1. The average Bonchev–Trinajstić information content (AvgIpc) is 3.94. The van der Waals surface area contributed by atoms with E-state index in [0.717, 1.165) is 47.6 Å². The molecule has 3 heterocycles. The van der Waals surface area contributed by atoms with Crippen LogP contribution < -0.4 is 20.7 Å². The number of β-amino-alcohol motifs (C(OH)–C–C–N with tert-alkyl or cyclic N) is 1. The molecule has 3 fully saturated rings. The van der Waals surface area contributed by atoms with Crippen molar-refractivity contribution in [2.24, 2.45) is 16.2 Å². The normalized spacial score (nSPS) is 21.7. The van der Waals surface area contributed by atoms with Gasteiger partial charge in [0, 0.05) is 54.6 Å². The summed E-state index contributed by atoms with van der Waals surface area (Å²) in [5.41, 5.74) is 5.49. The molecular formula is C53H66ClN7O7S. The molecule has 2 aliphatic heterocycles. The van der Waals surface area contributed by atoms with E-state index in [1.54, 1.807) is 29.5 Å². The third kappa shape index (κ3) is 11.8. The highest BCUT2D eigenvalue weighted by atomic mass is 35.5. The summed E-state index contributed by atoms with van der Waals surface area (Å²) in [5.74, 6) is -0.403. The maximum absolute atomic E-state index is 14.1. The van der Waals surface area contributed by atoms with Crippen LogP contribution in [0.4, 0.5) is 0 Å². The van der Waals surface area contributed by atoms with Crippen molar-refractivity contribution in [1.82, 2.24) is 30.7 Å². The summed E-state index contributed by atoms with van der Waals surface area (Å²) in [6.07, 6.45) is 0.937. The number of aromatic nitrogens is 1. The van der Waals surface area contributed by atoms with Crippen molar-refractivity contribution in [3.05, 3.63) is 105 Å². The number of amides is 4. The molecule has 16 heteroatoms. The molecule has 1 aromatic heterocycles. The lowest BCUT2D eigenvalue weighted by atomic mass is 9.49. The topological polar surface area (TPSA) is 186 Å². The number of piperidine rings is 1. The molecule has 4 N–H and O–H groups in total. The summed E-state index contributed by atoms with van der Waals surface area (Å²) in [7, 11) is 0. The van der Waals surface area contributed by atoms with Crippen molar-refractivity contribution in [1.29, 1.82) is 5.26 Å². The standard InChI is InChI=1S/C53H66ClN7O7S/c1-32-44(69-31-57-32)36-11-9-33(10-12-36)28-56-47(65)42-25-39(62)29-61(42)48(66)45(51(2,3)4)58-43(63)30-67-24-23-60-21-19-35(20-22-60)34-13-15-37(16-14-34)46(64)59-49-52(5,6)50(53(49,7)8)68-40-18-17-38(27-55)41(54)26-40/h9-18,26,31,35,39,42,45,49-50,62H,19-25,28-30H2,1-8H3,(H,56,65)(H,58,63)(H,59,64)/t39-,42+,45?,49?,50?/m1/s1. The van der Waals surface area contributed by atoms with E-state index in [0.29, 0.717) is 41.0 Å². The molecule has 4 aromatic rings. The average molecular weight is 981 g/mol. The maximum Gasteiger partial charge on any atom is 0.251 e. The maximum atomic E-state index is 14.1. The lowest BCUT2D eigenvalue weighted by Gasteiger charge is -2.63. The Morgan fingerprint density at radius 3 is 2.29 bits per heavy atom. The lowest BCUT2D eigenvalue weighted by molar-refractivity contribution is -0.164. The first kappa shape index (κ1) is 51.5. The van der Waals surface area contributed by atoms with Crippen molar-refractivity contribution < 1.29 is 33.8 Å². The van der Waals surface area contributed by atoms with Crippen molar-refractivity contribution in [3.63, 3.8) is 0 Å². The van der Waals surface area contributed by atoms with Gasteiger partial charge >= 0.3 is 0 Å². The smallest absolute Gasteiger partial charge is 0.251 e. The number of halogens is 1. The van der Waals surface area contributed by atoms with Gasteiger partial charge in [-0.1, -0.05) is 96.5 Å². The number of likely N-dealkylation sites (tertiary alicyclic amines) is 2. The first-order chi connectivity index (χ1) is 32.7. The van der Waals surface area contributed by atoms with Crippen LogP contribution in [-0.2, 0) is 25.7 Å².